The molecular formula is C22H24ClN3O3S. The lowest BCUT2D eigenvalue weighted by molar-refractivity contribution is -0.121. The SMILES string of the molecule is CCCOc1ccc(N2C(=O)C[C@@H](SC(=NC)Nc3ccc(C)c(Cl)c3)C2=O)cc1. The predicted octanol–water partition coefficient (Wildman–Crippen LogP) is 4.90. The molecule has 0 aliphatic carbocycles. The number of carbonyl (C=O) groups excluding carboxylic acids is 2. The molecule has 0 saturated carbocycles. The maximum atomic E-state index is 12.9. The number of amidine groups is 1. The summed E-state index contributed by atoms with van der Waals surface area (Å²) < 4.78 is 5.56. The van der Waals surface area contributed by atoms with Gasteiger partial charge in [-0.3, -0.25) is 14.6 Å². The Hall–Kier alpha value is -2.51. The Morgan fingerprint density at radius 1 is 1.27 bits per heavy atom. The molecule has 1 heterocycles. The average Bonchev–Trinajstić information content (AvgIpc) is 3.02. The maximum absolute atomic E-state index is 12.9. The molecule has 6 nitrogen and oxygen atoms in total. The van der Waals surface area contributed by atoms with E-state index in [1.54, 1.807) is 37.4 Å². The van der Waals surface area contributed by atoms with Gasteiger partial charge >= 0.3 is 0 Å². The van der Waals surface area contributed by atoms with E-state index in [9.17, 15) is 9.59 Å². The van der Waals surface area contributed by atoms with Gasteiger partial charge in [-0.25, -0.2) is 4.90 Å². The van der Waals surface area contributed by atoms with Crippen LogP contribution in [0.5, 0.6) is 5.75 Å². The molecule has 2 amide bonds. The first kappa shape index (κ1) is 22.2. The molecule has 1 N–H and O–H groups in total. The van der Waals surface area contributed by atoms with Crippen molar-refractivity contribution in [3.8, 4) is 5.75 Å². The van der Waals surface area contributed by atoms with E-state index in [4.69, 9.17) is 16.3 Å². The van der Waals surface area contributed by atoms with E-state index < -0.39 is 5.25 Å². The van der Waals surface area contributed by atoms with Crippen LogP contribution in [0.15, 0.2) is 47.5 Å². The van der Waals surface area contributed by atoms with Crippen LogP contribution in [0.25, 0.3) is 0 Å². The Bertz CT molecular complexity index is 963. The maximum Gasteiger partial charge on any atom is 0.247 e. The summed E-state index contributed by atoms with van der Waals surface area (Å²) in [7, 11) is 1.64. The summed E-state index contributed by atoms with van der Waals surface area (Å²) in [6, 6.07) is 12.6. The fourth-order valence-electron chi connectivity index (χ4n) is 2.95. The third-order valence-corrected chi connectivity index (χ3v) is 6.12. The largest absolute Gasteiger partial charge is 0.494 e. The van der Waals surface area contributed by atoms with E-state index in [1.807, 2.05) is 26.0 Å². The van der Waals surface area contributed by atoms with Crippen LogP contribution in [0.1, 0.15) is 25.3 Å². The Labute approximate surface area is 185 Å². The number of anilines is 2. The number of hydrogen-bond donors (Lipinski definition) is 1. The van der Waals surface area contributed by atoms with Crippen molar-refractivity contribution in [2.75, 3.05) is 23.9 Å². The molecule has 0 radical (unpaired) electrons. The van der Waals surface area contributed by atoms with Gasteiger partial charge in [-0.1, -0.05) is 36.4 Å². The zero-order chi connectivity index (χ0) is 21.7. The standard InChI is InChI=1S/C22H24ClN3O3S/c1-4-11-29-17-9-7-16(8-10-17)26-20(27)13-19(21(26)28)30-22(24-3)25-15-6-5-14(2)18(23)12-15/h5-10,12,19H,4,11,13H2,1-3H3,(H,24,25)/t19-/m1/s1. The van der Waals surface area contributed by atoms with Crippen molar-refractivity contribution in [1.29, 1.82) is 0 Å². The van der Waals surface area contributed by atoms with Crippen molar-refractivity contribution in [3.05, 3.63) is 53.1 Å². The number of carbonyl (C=O) groups is 2. The zero-order valence-corrected chi connectivity index (χ0v) is 18.7. The molecule has 1 aliphatic rings. The molecule has 0 unspecified atom stereocenters. The number of amides is 2. The van der Waals surface area contributed by atoms with Crippen LogP contribution < -0.4 is 15.0 Å². The summed E-state index contributed by atoms with van der Waals surface area (Å²) in [6.07, 6.45) is 1.03. The number of hydrogen-bond acceptors (Lipinski definition) is 5. The third-order valence-electron chi connectivity index (χ3n) is 4.55. The molecule has 2 aromatic rings. The number of nitrogens with zero attached hydrogens (tertiary/aromatic N) is 2. The van der Waals surface area contributed by atoms with Gasteiger partial charge in [0.2, 0.25) is 11.8 Å². The van der Waals surface area contributed by atoms with Crippen LogP contribution in [-0.2, 0) is 9.59 Å². The van der Waals surface area contributed by atoms with Gasteiger partial charge < -0.3 is 10.1 Å². The van der Waals surface area contributed by atoms with Crippen molar-refractivity contribution < 1.29 is 14.3 Å². The molecule has 0 spiro atoms. The number of nitrogens with one attached hydrogen (secondary N) is 1. The topological polar surface area (TPSA) is 71.0 Å². The molecule has 1 saturated heterocycles. The molecule has 2 aromatic carbocycles. The molecule has 1 atom stereocenters. The lowest BCUT2D eigenvalue weighted by atomic mass is 10.2. The number of aryl methyl sites for hydroxylation is 1. The molecule has 8 heteroatoms. The Morgan fingerprint density at radius 3 is 2.63 bits per heavy atom. The summed E-state index contributed by atoms with van der Waals surface area (Å²) in [5.41, 5.74) is 2.29. The lowest BCUT2D eigenvalue weighted by Crippen LogP contribution is -2.31. The number of halogens is 1. The highest BCUT2D eigenvalue weighted by Gasteiger charge is 2.40. The normalized spacial score (nSPS) is 16.9. The summed E-state index contributed by atoms with van der Waals surface area (Å²) in [4.78, 5) is 30.9. The van der Waals surface area contributed by atoms with Gasteiger partial charge in [-0.15, -0.1) is 0 Å². The molecule has 0 aromatic heterocycles. The number of thioether (sulfide) groups is 1. The van der Waals surface area contributed by atoms with Crippen molar-refractivity contribution in [2.24, 2.45) is 4.99 Å². The minimum atomic E-state index is -0.541. The Morgan fingerprint density at radius 2 is 2.00 bits per heavy atom. The van der Waals surface area contributed by atoms with Crippen LogP contribution >= 0.6 is 23.4 Å². The highest BCUT2D eigenvalue weighted by Crippen LogP contribution is 2.32. The fourth-order valence-corrected chi connectivity index (χ4v) is 4.11. The van der Waals surface area contributed by atoms with E-state index in [-0.39, 0.29) is 18.2 Å². The minimum Gasteiger partial charge on any atom is -0.494 e. The van der Waals surface area contributed by atoms with Crippen molar-refractivity contribution >= 4 is 51.7 Å². The first-order valence-corrected chi connectivity index (χ1v) is 10.9. The Kier molecular flexibility index (Phi) is 7.39. The number of rotatable bonds is 6. The Balaban J connectivity index is 1.68. The van der Waals surface area contributed by atoms with Gasteiger partial charge in [0.1, 0.15) is 11.0 Å². The summed E-state index contributed by atoms with van der Waals surface area (Å²) in [6.45, 7) is 4.58. The number of ether oxygens (including phenoxy) is 1. The van der Waals surface area contributed by atoms with Crippen LogP contribution in [0.2, 0.25) is 5.02 Å². The van der Waals surface area contributed by atoms with Crippen molar-refractivity contribution in [3.63, 3.8) is 0 Å². The van der Waals surface area contributed by atoms with Gasteiger partial charge in [-0.2, -0.15) is 0 Å². The highest BCUT2D eigenvalue weighted by atomic mass is 35.5. The molecular weight excluding hydrogens is 422 g/mol. The van der Waals surface area contributed by atoms with Crippen LogP contribution in [0, 0.1) is 6.92 Å². The smallest absolute Gasteiger partial charge is 0.247 e. The summed E-state index contributed by atoms with van der Waals surface area (Å²) in [5.74, 6) is 0.234. The highest BCUT2D eigenvalue weighted by molar-refractivity contribution is 8.15. The lowest BCUT2D eigenvalue weighted by Gasteiger charge is -2.16. The van der Waals surface area contributed by atoms with Crippen molar-refractivity contribution in [2.45, 2.75) is 31.9 Å². The quantitative estimate of drug-likeness (QED) is 0.389. The number of benzene rings is 2. The van der Waals surface area contributed by atoms with E-state index in [0.717, 1.165) is 17.7 Å². The minimum absolute atomic E-state index is 0.118. The third kappa shape index (κ3) is 5.15. The van der Waals surface area contributed by atoms with Gasteiger partial charge in [-0.05, 0) is 55.3 Å². The second kappa shape index (κ2) is 10.00. The first-order valence-electron chi connectivity index (χ1n) is 9.69. The van der Waals surface area contributed by atoms with E-state index in [1.165, 1.54) is 16.7 Å². The van der Waals surface area contributed by atoms with Gasteiger partial charge in [0.05, 0.1) is 12.3 Å². The zero-order valence-electron chi connectivity index (χ0n) is 17.1. The van der Waals surface area contributed by atoms with Crippen LogP contribution in [-0.4, -0.2) is 35.9 Å². The monoisotopic (exact) mass is 445 g/mol. The second-order valence-electron chi connectivity index (χ2n) is 6.84. The van der Waals surface area contributed by atoms with Gasteiger partial charge in [0, 0.05) is 24.2 Å². The van der Waals surface area contributed by atoms with E-state index in [2.05, 4.69) is 10.3 Å². The fraction of sp³-hybridized carbons (Fsp3) is 0.318. The first-order chi connectivity index (χ1) is 14.4. The van der Waals surface area contributed by atoms with Gasteiger partial charge in [0.25, 0.3) is 0 Å². The molecule has 1 aliphatic heterocycles. The predicted molar refractivity (Wildman–Crippen MR) is 124 cm³/mol. The molecule has 30 heavy (non-hydrogen) atoms. The summed E-state index contributed by atoms with van der Waals surface area (Å²) in [5, 5.41) is 3.82. The molecule has 1 fully saturated rings. The van der Waals surface area contributed by atoms with Crippen LogP contribution in [0.3, 0.4) is 0 Å². The van der Waals surface area contributed by atoms with Crippen LogP contribution in [0.4, 0.5) is 11.4 Å². The number of aliphatic imine (C=N–C) groups is 1. The molecule has 0 bridgehead atoms. The summed E-state index contributed by atoms with van der Waals surface area (Å²) >= 11 is 7.42. The van der Waals surface area contributed by atoms with E-state index in [0.29, 0.717) is 28.2 Å². The molecule has 3 rings (SSSR count). The average molecular weight is 446 g/mol. The van der Waals surface area contributed by atoms with E-state index >= 15 is 0 Å². The molecule has 158 valence electrons. The van der Waals surface area contributed by atoms with Crippen molar-refractivity contribution in [1.82, 2.24) is 0 Å². The number of imide groups is 1. The second-order valence-corrected chi connectivity index (χ2v) is 8.44. The van der Waals surface area contributed by atoms with Gasteiger partial charge in [0.15, 0.2) is 5.17 Å².